The van der Waals surface area contributed by atoms with Crippen LogP contribution in [0.25, 0.3) is 0 Å². The van der Waals surface area contributed by atoms with E-state index in [4.69, 9.17) is 0 Å². The number of benzene rings is 1. The van der Waals surface area contributed by atoms with Crippen molar-refractivity contribution in [3.63, 3.8) is 0 Å². The quantitative estimate of drug-likeness (QED) is 0.771. The van der Waals surface area contributed by atoms with Gasteiger partial charge in [0, 0.05) is 37.9 Å². The smallest absolute Gasteiger partial charge is 0.0949 e. The lowest BCUT2D eigenvalue weighted by atomic mass is 10.2. The van der Waals surface area contributed by atoms with Gasteiger partial charge in [-0.15, -0.1) is 0 Å². The van der Waals surface area contributed by atoms with Crippen molar-refractivity contribution in [3.8, 4) is 0 Å². The van der Waals surface area contributed by atoms with Crippen molar-refractivity contribution in [2.75, 3.05) is 5.32 Å². The summed E-state index contributed by atoms with van der Waals surface area (Å²) in [5, 5.41) is 3.42. The van der Waals surface area contributed by atoms with Gasteiger partial charge >= 0.3 is 0 Å². The summed E-state index contributed by atoms with van der Waals surface area (Å²) in [6, 6.07) is 8.43. The molecule has 0 saturated carbocycles. The van der Waals surface area contributed by atoms with Gasteiger partial charge in [-0.25, -0.2) is 9.97 Å². The molecule has 20 heavy (non-hydrogen) atoms. The van der Waals surface area contributed by atoms with Crippen LogP contribution in [0.15, 0.2) is 55.5 Å². The van der Waals surface area contributed by atoms with Crippen LogP contribution in [0, 0.1) is 0 Å². The maximum absolute atomic E-state index is 4.11. The normalized spacial score (nSPS) is 10.7. The van der Waals surface area contributed by atoms with Crippen molar-refractivity contribution in [2.24, 2.45) is 7.05 Å². The van der Waals surface area contributed by atoms with Gasteiger partial charge in [0.15, 0.2) is 0 Å². The van der Waals surface area contributed by atoms with Crippen LogP contribution >= 0.6 is 0 Å². The summed E-state index contributed by atoms with van der Waals surface area (Å²) in [5.41, 5.74) is 3.52. The number of nitrogens with zero attached hydrogens (tertiary/aromatic N) is 4. The Bertz CT molecular complexity index is 669. The van der Waals surface area contributed by atoms with Crippen LogP contribution in [0.2, 0.25) is 0 Å². The molecule has 1 N–H and O–H groups in total. The molecule has 0 aliphatic heterocycles. The molecule has 3 aromatic rings. The third-order valence-corrected chi connectivity index (χ3v) is 3.24. The largest absolute Gasteiger partial charge is 0.379 e. The summed E-state index contributed by atoms with van der Waals surface area (Å²) < 4.78 is 4.07. The standard InChI is InChI=1S/C15H17N5/c1-19-11-17-8-15(19)9-18-14-4-2-3-13(7-14)10-20-6-5-16-12-20/h2-8,11-12,18H,9-10H2,1H3. The Labute approximate surface area is 117 Å². The molecule has 0 radical (unpaired) electrons. The molecule has 3 rings (SSSR count). The highest BCUT2D eigenvalue weighted by Gasteiger charge is 2.00. The van der Waals surface area contributed by atoms with E-state index in [1.165, 1.54) is 5.56 Å². The van der Waals surface area contributed by atoms with Gasteiger partial charge in [0.05, 0.1) is 24.9 Å². The van der Waals surface area contributed by atoms with Crippen molar-refractivity contribution >= 4 is 5.69 Å². The second kappa shape index (κ2) is 5.61. The fourth-order valence-electron chi connectivity index (χ4n) is 2.12. The highest BCUT2D eigenvalue weighted by atomic mass is 15.0. The van der Waals surface area contributed by atoms with Crippen molar-refractivity contribution in [2.45, 2.75) is 13.1 Å². The number of hydrogen-bond donors (Lipinski definition) is 1. The number of anilines is 1. The van der Waals surface area contributed by atoms with Crippen LogP contribution in [0.3, 0.4) is 0 Å². The molecule has 0 aliphatic carbocycles. The molecule has 0 fully saturated rings. The number of imidazole rings is 2. The van der Waals surface area contributed by atoms with Gasteiger partial charge in [0.1, 0.15) is 0 Å². The third-order valence-electron chi connectivity index (χ3n) is 3.24. The summed E-state index contributed by atoms with van der Waals surface area (Å²) in [5.74, 6) is 0. The van der Waals surface area contributed by atoms with Crippen LogP contribution in [-0.4, -0.2) is 19.1 Å². The molecule has 0 saturated heterocycles. The fourth-order valence-corrected chi connectivity index (χ4v) is 2.12. The van der Waals surface area contributed by atoms with Gasteiger partial charge in [-0.05, 0) is 17.7 Å². The van der Waals surface area contributed by atoms with E-state index in [1.807, 2.05) is 36.7 Å². The average Bonchev–Trinajstić information content (AvgIpc) is 3.09. The molecule has 5 nitrogen and oxygen atoms in total. The first-order chi connectivity index (χ1) is 9.81. The van der Waals surface area contributed by atoms with Gasteiger partial charge in [-0.2, -0.15) is 0 Å². The highest BCUT2D eigenvalue weighted by molar-refractivity contribution is 5.46. The predicted molar refractivity (Wildman–Crippen MR) is 78.3 cm³/mol. The molecular weight excluding hydrogens is 250 g/mol. The molecule has 5 heteroatoms. The summed E-state index contributed by atoms with van der Waals surface area (Å²) in [4.78, 5) is 8.17. The Balaban J connectivity index is 1.67. The van der Waals surface area contributed by atoms with E-state index in [9.17, 15) is 0 Å². The topological polar surface area (TPSA) is 47.7 Å². The zero-order valence-corrected chi connectivity index (χ0v) is 11.4. The lowest BCUT2D eigenvalue weighted by molar-refractivity contribution is 0.797. The maximum atomic E-state index is 4.11. The Morgan fingerprint density at radius 2 is 2.15 bits per heavy atom. The Kier molecular flexibility index (Phi) is 3.50. The van der Waals surface area contributed by atoms with Crippen LogP contribution in [0.4, 0.5) is 5.69 Å². The molecule has 0 bridgehead atoms. The van der Waals surface area contributed by atoms with E-state index in [1.54, 1.807) is 6.20 Å². The molecule has 0 spiro atoms. The van der Waals surface area contributed by atoms with E-state index in [-0.39, 0.29) is 0 Å². The first-order valence-electron chi connectivity index (χ1n) is 6.55. The number of rotatable bonds is 5. The molecule has 0 amide bonds. The molecule has 0 atom stereocenters. The summed E-state index contributed by atoms with van der Waals surface area (Å²) in [7, 11) is 2.00. The first kappa shape index (κ1) is 12.5. The van der Waals surface area contributed by atoms with Gasteiger partial charge in [0.2, 0.25) is 0 Å². The van der Waals surface area contributed by atoms with Crippen molar-refractivity contribution in [3.05, 3.63) is 66.8 Å². The van der Waals surface area contributed by atoms with E-state index >= 15 is 0 Å². The van der Waals surface area contributed by atoms with E-state index in [0.717, 1.165) is 24.5 Å². The molecule has 2 aromatic heterocycles. The minimum Gasteiger partial charge on any atom is -0.379 e. The van der Waals surface area contributed by atoms with Gasteiger partial charge in [-0.1, -0.05) is 12.1 Å². The van der Waals surface area contributed by atoms with Gasteiger partial charge in [0.25, 0.3) is 0 Å². The van der Waals surface area contributed by atoms with Crippen LogP contribution in [0.5, 0.6) is 0 Å². The van der Waals surface area contributed by atoms with Gasteiger partial charge in [-0.3, -0.25) is 0 Å². The molecule has 0 aliphatic rings. The average molecular weight is 267 g/mol. The maximum Gasteiger partial charge on any atom is 0.0949 e. The second-order valence-corrected chi connectivity index (χ2v) is 4.78. The van der Waals surface area contributed by atoms with Crippen molar-refractivity contribution < 1.29 is 0 Å². The van der Waals surface area contributed by atoms with E-state index < -0.39 is 0 Å². The van der Waals surface area contributed by atoms with Crippen LogP contribution in [0.1, 0.15) is 11.3 Å². The van der Waals surface area contributed by atoms with Crippen molar-refractivity contribution in [1.82, 2.24) is 19.1 Å². The molecule has 102 valence electrons. The number of aromatic nitrogens is 4. The summed E-state index contributed by atoms with van der Waals surface area (Å²) in [6.07, 6.45) is 9.28. The Morgan fingerprint density at radius 1 is 1.20 bits per heavy atom. The first-order valence-corrected chi connectivity index (χ1v) is 6.55. The monoisotopic (exact) mass is 267 g/mol. The predicted octanol–water partition coefficient (Wildman–Crippen LogP) is 2.28. The minimum atomic E-state index is 0.769. The number of aryl methyl sites for hydroxylation is 1. The number of nitrogens with one attached hydrogen (secondary N) is 1. The molecule has 2 heterocycles. The van der Waals surface area contributed by atoms with E-state index in [0.29, 0.717) is 0 Å². The SMILES string of the molecule is Cn1cncc1CNc1cccc(Cn2ccnc2)c1. The van der Waals surface area contributed by atoms with Crippen molar-refractivity contribution in [1.29, 1.82) is 0 Å². The minimum absolute atomic E-state index is 0.769. The fraction of sp³-hybridized carbons (Fsp3) is 0.200. The Morgan fingerprint density at radius 3 is 2.90 bits per heavy atom. The molecule has 1 aromatic carbocycles. The van der Waals surface area contributed by atoms with Crippen LogP contribution in [-0.2, 0) is 20.1 Å². The van der Waals surface area contributed by atoms with Crippen LogP contribution < -0.4 is 5.32 Å². The summed E-state index contributed by atoms with van der Waals surface area (Å²) in [6.45, 7) is 1.60. The Hall–Kier alpha value is -2.56. The zero-order chi connectivity index (χ0) is 13.8. The number of hydrogen-bond acceptors (Lipinski definition) is 3. The zero-order valence-electron chi connectivity index (χ0n) is 11.4. The lowest BCUT2D eigenvalue weighted by Gasteiger charge is -2.09. The molecular formula is C15H17N5. The second-order valence-electron chi connectivity index (χ2n) is 4.78. The third kappa shape index (κ3) is 2.88. The highest BCUT2D eigenvalue weighted by Crippen LogP contribution is 2.13. The molecule has 0 unspecified atom stereocenters. The lowest BCUT2D eigenvalue weighted by Crippen LogP contribution is -2.04. The summed E-state index contributed by atoms with van der Waals surface area (Å²) >= 11 is 0. The van der Waals surface area contributed by atoms with Gasteiger partial charge < -0.3 is 14.5 Å². The van der Waals surface area contributed by atoms with E-state index in [2.05, 4.69) is 44.1 Å².